The van der Waals surface area contributed by atoms with Gasteiger partial charge in [-0.15, -0.1) is 0 Å². The minimum absolute atomic E-state index is 0.160. The summed E-state index contributed by atoms with van der Waals surface area (Å²) in [4.78, 5) is 23.6. The Labute approximate surface area is 175 Å². The number of rotatable bonds is 7. The molecule has 2 amide bonds. The van der Waals surface area contributed by atoms with Gasteiger partial charge in [0.25, 0.3) is 5.91 Å². The van der Waals surface area contributed by atoms with Crippen LogP contribution in [0, 0.1) is 0 Å². The van der Waals surface area contributed by atoms with E-state index in [2.05, 4.69) is 10.6 Å². The third-order valence-electron chi connectivity index (χ3n) is 4.15. The first-order valence-corrected chi connectivity index (χ1v) is 9.10. The molecule has 6 nitrogen and oxygen atoms in total. The molecule has 0 aromatic heterocycles. The number of nitrogens with two attached hydrogens (primary N) is 1. The molecule has 0 spiro atoms. The van der Waals surface area contributed by atoms with E-state index >= 15 is 0 Å². The summed E-state index contributed by atoms with van der Waals surface area (Å²) < 4.78 is 43.1. The molecule has 0 unspecified atom stereocenters. The first-order chi connectivity index (χ1) is 14.7. The Morgan fingerprint density at radius 1 is 0.806 bits per heavy atom. The molecule has 0 aliphatic carbocycles. The van der Waals surface area contributed by atoms with Crippen molar-refractivity contribution < 1.29 is 27.5 Å². The van der Waals surface area contributed by atoms with Gasteiger partial charge in [-0.25, -0.2) is 0 Å². The normalized spacial score (nSPS) is 10.9. The molecule has 0 fully saturated rings. The molecule has 0 saturated heterocycles. The van der Waals surface area contributed by atoms with Crippen molar-refractivity contribution in [1.29, 1.82) is 0 Å². The van der Waals surface area contributed by atoms with E-state index in [1.165, 1.54) is 36.4 Å². The number of anilines is 2. The summed E-state index contributed by atoms with van der Waals surface area (Å²) in [7, 11) is 0. The Hall–Kier alpha value is -4.01. The van der Waals surface area contributed by atoms with E-state index in [0.717, 1.165) is 0 Å². The Bertz CT molecular complexity index is 1070. The Kier molecular flexibility index (Phi) is 6.44. The van der Waals surface area contributed by atoms with Crippen LogP contribution < -0.4 is 21.1 Å². The van der Waals surface area contributed by atoms with Crippen LogP contribution in [0.1, 0.15) is 20.7 Å². The number of amides is 2. The van der Waals surface area contributed by atoms with E-state index < -0.39 is 24.5 Å². The van der Waals surface area contributed by atoms with Crippen LogP contribution in [0.2, 0.25) is 0 Å². The summed E-state index contributed by atoms with van der Waals surface area (Å²) >= 11 is 0. The average Bonchev–Trinajstić information content (AvgIpc) is 2.73. The number of para-hydroxylation sites is 2. The van der Waals surface area contributed by atoms with Crippen molar-refractivity contribution in [1.82, 2.24) is 0 Å². The predicted molar refractivity (Wildman–Crippen MR) is 110 cm³/mol. The fraction of sp³-hybridized carbons (Fsp3) is 0.0909. The van der Waals surface area contributed by atoms with Crippen LogP contribution in [0.15, 0.2) is 72.8 Å². The predicted octanol–water partition coefficient (Wildman–Crippen LogP) is 4.80. The second-order valence-electron chi connectivity index (χ2n) is 6.48. The van der Waals surface area contributed by atoms with Gasteiger partial charge in [0.05, 0.1) is 11.4 Å². The molecule has 9 heteroatoms. The number of primary amides is 1. The molecule has 3 aromatic rings. The van der Waals surface area contributed by atoms with Crippen LogP contribution >= 0.6 is 0 Å². The number of hydrogen-bond acceptors (Lipinski definition) is 4. The number of benzene rings is 3. The van der Waals surface area contributed by atoms with Crippen molar-refractivity contribution >= 4 is 23.2 Å². The van der Waals surface area contributed by atoms with Gasteiger partial charge in [-0.05, 0) is 60.7 Å². The van der Waals surface area contributed by atoms with E-state index in [4.69, 9.17) is 10.5 Å². The largest absolute Gasteiger partial charge is 0.457 e. The lowest BCUT2D eigenvalue weighted by Gasteiger charge is -2.14. The molecule has 0 aliphatic rings. The second kappa shape index (κ2) is 9.21. The van der Waals surface area contributed by atoms with Gasteiger partial charge >= 0.3 is 6.18 Å². The number of halogens is 3. The summed E-state index contributed by atoms with van der Waals surface area (Å²) in [6.45, 7) is -1.22. The lowest BCUT2D eigenvalue weighted by atomic mass is 10.2. The first kappa shape index (κ1) is 21.7. The standard InChI is InChI=1S/C22H18F3N3O3/c23-22(24,25)13-27-18-3-1-2-4-19(18)28-21(30)15-7-11-17(12-8-15)31-16-9-5-14(6-10-16)20(26)29/h1-12,27H,13H2,(H2,26,29)(H,28,30). The number of ether oxygens (including phenoxy) is 1. The molecule has 0 atom stereocenters. The maximum atomic E-state index is 12.5. The summed E-state index contributed by atoms with van der Waals surface area (Å²) in [6, 6.07) is 18.6. The van der Waals surface area contributed by atoms with Crippen molar-refractivity contribution in [2.24, 2.45) is 5.73 Å². The van der Waals surface area contributed by atoms with Gasteiger partial charge in [0, 0.05) is 11.1 Å². The fourth-order valence-corrected chi connectivity index (χ4v) is 2.63. The van der Waals surface area contributed by atoms with Crippen LogP contribution in [0.25, 0.3) is 0 Å². The van der Waals surface area contributed by atoms with Gasteiger partial charge in [0.15, 0.2) is 0 Å². The molecular formula is C22H18F3N3O3. The second-order valence-corrected chi connectivity index (χ2v) is 6.48. The zero-order valence-corrected chi connectivity index (χ0v) is 16.1. The van der Waals surface area contributed by atoms with E-state index in [1.54, 1.807) is 36.4 Å². The summed E-state index contributed by atoms with van der Waals surface area (Å²) in [6.07, 6.45) is -4.38. The molecule has 160 valence electrons. The molecular weight excluding hydrogens is 411 g/mol. The van der Waals surface area contributed by atoms with E-state index in [9.17, 15) is 22.8 Å². The maximum absolute atomic E-state index is 12.5. The maximum Gasteiger partial charge on any atom is 0.405 e. The van der Waals surface area contributed by atoms with Crippen molar-refractivity contribution in [2.45, 2.75) is 6.18 Å². The third kappa shape index (κ3) is 6.23. The molecule has 3 rings (SSSR count). The van der Waals surface area contributed by atoms with Gasteiger partial charge in [-0.1, -0.05) is 12.1 Å². The van der Waals surface area contributed by atoms with Gasteiger partial charge < -0.3 is 21.1 Å². The van der Waals surface area contributed by atoms with Crippen molar-refractivity contribution in [3.8, 4) is 11.5 Å². The van der Waals surface area contributed by atoms with Crippen molar-refractivity contribution in [3.05, 3.63) is 83.9 Å². The zero-order valence-electron chi connectivity index (χ0n) is 16.1. The summed E-state index contributed by atoms with van der Waals surface area (Å²) in [5.41, 5.74) is 6.22. The number of carbonyl (C=O) groups excluding carboxylic acids is 2. The van der Waals surface area contributed by atoms with Crippen molar-refractivity contribution in [3.63, 3.8) is 0 Å². The van der Waals surface area contributed by atoms with Crippen LogP contribution in [0.5, 0.6) is 11.5 Å². The van der Waals surface area contributed by atoms with Crippen LogP contribution in [-0.4, -0.2) is 24.5 Å². The van der Waals surface area contributed by atoms with Crippen LogP contribution in [-0.2, 0) is 0 Å². The number of hydrogen-bond donors (Lipinski definition) is 3. The SMILES string of the molecule is NC(=O)c1ccc(Oc2ccc(C(=O)Nc3ccccc3NCC(F)(F)F)cc2)cc1. The molecule has 0 saturated carbocycles. The minimum atomic E-state index is -4.38. The van der Waals surface area contributed by atoms with Gasteiger partial charge in [0.2, 0.25) is 5.91 Å². The molecule has 0 radical (unpaired) electrons. The highest BCUT2D eigenvalue weighted by Crippen LogP contribution is 2.25. The summed E-state index contributed by atoms with van der Waals surface area (Å²) in [5, 5.41) is 4.86. The van der Waals surface area contributed by atoms with E-state index in [0.29, 0.717) is 22.6 Å². The lowest BCUT2D eigenvalue weighted by molar-refractivity contribution is -0.115. The number of carbonyl (C=O) groups is 2. The molecule has 0 bridgehead atoms. The van der Waals surface area contributed by atoms with E-state index in [1.807, 2.05) is 0 Å². The highest BCUT2D eigenvalue weighted by atomic mass is 19.4. The van der Waals surface area contributed by atoms with Crippen molar-refractivity contribution in [2.75, 3.05) is 17.2 Å². The zero-order chi connectivity index (χ0) is 22.4. The summed E-state index contributed by atoms with van der Waals surface area (Å²) in [5.74, 6) is -0.0989. The Morgan fingerprint density at radius 3 is 1.84 bits per heavy atom. The van der Waals surface area contributed by atoms with Crippen LogP contribution in [0.4, 0.5) is 24.5 Å². The Balaban J connectivity index is 1.65. The first-order valence-electron chi connectivity index (χ1n) is 9.10. The quantitative estimate of drug-likeness (QED) is 0.503. The van der Waals surface area contributed by atoms with Gasteiger partial charge in [-0.3, -0.25) is 9.59 Å². The Morgan fingerprint density at radius 2 is 1.32 bits per heavy atom. The minimum Gasteiger partial charge on any atom is -0.457 e. The fourth-order valence-electron chi connectivity index (χ4n) is 2.63. The van der Waals surface area contributed by atoms with Crippen LogP contribution in [0.3, 0.4) is 0 Å². The van der Waals surface area contributed by atoms with E-state index in [-0.39, 0.29) is 11.4 Å². The number of nitrogens with one attached hydrogen (secondary N) is 2. The monoisotopic (exact) mass is 429 g/mol. The number of alkyl halides is 3. The average molecular weight is 429 g/mol. The van der Waals surface area contributed by atoms with Gasteiger partial charge in [0.1, 0.15) is 18.0 Å². The smallest absolute Gasteiger partial charge is 0.405 e. The molecule has 4 N–H and O–H groups in total. The lowest BCUT2D eigenvalue weighted by Crippen LogP contribution is -2.22. The molecule has 31 heavy (non-hydrogen) atoms. The molecule has 0 aliphatic heterocycles. The topological polar surface area (TPSA) is 93.5 Å². The highest BCUT2D eigenvalue weighted by molar-refractivity contribution is 6.06. The molecule has 3 aromatic carbocycles. The van der Waals surface area contributed by atoms with Gasteiger partial charge in [-0.2, -0.15) is 13.2 Å². The highest BCUT2D eigenvalue weighted by Gasteiger charge is 2.27. The molecule has 0 heterocycles. The third-order valence-corrected chi connectivity index (χ3v) is 4.15.